The van der Waals surface area contributed by atoms with Gasteiger partial charge in [-0.25, -0.2) is 15.4 Å². The Balaban J connectivity index is 1.57. The van der Waals surface area contributed by atoms with Gasteiger partial charge < -0.3 is 4.74 Å². The van der Waals surface area contributed by atoms with Crippen LogP contribution in [0.2, 0.25) is 0 Å². The number of thioether (sulfide) groups is 1. The van der Waals surface area contributed by atoms with Gasteiger partial charge in [-0.3, -0.25) is 14.9 Å². The predicted octanol–water partition coefficient (Wildman–Crippen LogP) is 4.59. The SMILES string of the molecule is Cc1cc(C)nc(SCC(=O)N/N=C\c2cc(Br)ccc2OCc2ccc([N+](=O)[O-])cc2)n1. The van der Waals surface area contributed by atoms with Crippen LogP contribution in [0, 0.1) is 24.0 Å². The molecule has 0 aliphatic carbocycles. The van der Waals surface area contributed by atoms with E-state index in [1.54, 1.807) is 24.3 Å². The topological polar surface area (TPSA) is 120 Å². The number of benzene rings is 2. The van der Waals surface area contributed by atoms with Crippen molar-refractivity contribution in [3.63, 3.8) is 0 Å². The van der Waals surface area contributed by atoms with E-state index < -0.39 is 4.92 Å². The van der Waals surface area contributed by atoms with Crippen LogP contribution in [-0.4, -0.2) is 32.8 Å². The maximum atomic E-state index is 12.1. The lowest BCUT2D eigenvalue weighted by Gasteiger charge is -2.10. The molecular formula is C22H20BrN5O4S. The van der Waals surface area contributed by atoms with Crippen molar-refractivity contribution in [2.24, 2.45) is 5.10 Å². The fourth-order valence-electron chi connectivity index (χ4n) is 2.72. The van der Waals surface area contributed by atoms with Crippen LogP contribution >= 0.6 is 27.7 Å². The van der Waals surface area contributed by atoms with Gasteiger partial charge in [0.25, 0.3) is 11.6 Å². The third kappa shape index (κ3) is 7.65. The summed E-state index contributed by atoms with van der Waals surface area (Å²) >= 11 is 4.65. The number of nitrogens with zero attached hydrogens (tertiary/aromatic N) is 4. The number of amides is 1. The number of nitro groups is 1. The maximum absolute atomic E-state index is 12.1. The molecule has 1 N–H and O–H groups in total. The molecular weight excluding hydrogens is 510 g/mol. The van der Waals surface area contributed by atoms with E-state index in [0.717, 1.165) is 21.4 Å². The summed E-state index contributed by atoms with van der Waals surface area (Å²) in [4.78, 5) is 31.0. The Bertz CT molecular complexity index is 1170. The summed E-state index contributed by atoms with van der Waals surface area (Å²) in [6.07, 6.45) is 1.49. The van der Waals surface area contributed by atoms with Crippen molar-refractivity contribution in [3.05, 3.63) is 85.6 Å². The second-order valence-electron chi connectivity index (χ2n) is 6.91. The molecule has 0 fully saturated rings. The number of ether oxygens (including phenoxy) is 1. The van der Waals surface area contributed by atoms with E-state index in [4.69, 9.17) is 4.74 Å². The van der Waals surface area contributed by atoms with Gasteiger partial charge in [0.15, 0.2) is 5.16 Å². The van der Waals surface area contributed by atoms with E-state index >= 15 is 0 Å². The molecule has 0 aliphatic heterocycles. The molecule has 0 aliphatic rings. The standard InChI is InChI=1S/C22H20BrN5O4S/c1-14-9-15(2)26-22(25-14)33-13-21(29)27-24-11-17-10-18(23)5-8-20(17)32-12-16-3-6-19(7-4-16)28(30)31/h3-11H,12-13H2,1-2H3,(H,27,29)/b24-11-. The number of nitro benzene ring substituents is 1. The molecule has 170 valence electrons. The Morgan fingerprint density at radius 1 is 1.18 bits per heavy atom. The number of hydrogen-bond donors (Lipinski definition) is 1. The highest BCUT2D eigenvalue weighted by Crippen LogP contribution is 2.23. The Hall–Kier alpha value is -3.31. The highest BCUT2D eigenvalue weighted by Gasteiger charge is 2.08. The lowest BCUT2D eigenvalue weighted by Crippen LogP contribution is -2.20. The normalized spacial score (nSPS) is 10.9. The predicted molar refractivity (Wildman–Crippen MR) is 130 cm³/mol. The fourth-order valence-corrected chi connectivity index (χ4v) is 3.84. The number of non-ortho nitro benzene ring substituents is 1. The number of hydrogen-bond acceptors (Lipinski definition) is 8. The van der Waals surface area contributed by atoms with Gasteiger partial charge in [-0.15, -0.1) is 0 Å². The number of aryl methyl sites for hydroxylation is 2. The van der Waals surface area contributed by atoms with Gasteiger partial charge in [0.2, 0.25) is 0 Å². The van der Waals surface area contributed by atoms with Crippen LogP contribution in [0.15, 0.2) is 63.3 Å². The van der Waals surface area contributed by atoms with Crippen LogP contribution in [0.1, 0.15) is 22.5 Å². The molecule has 0 bridgehead atoms. The van der Waals surface area contributed by atoms with Crippen LogP contribution in [0.25, 0.3) is 0 Å². The van der Waals surface area contributed by atoms with E-state index in [1.165, 1.54) is 30.1 Å². The fraction of sp³-hybridized carbons (Fsp3) is 0.182. The molecule has 3 rings (SSSR count). The zero-order chi connectivity index (χ0) is 23.8. The zero-order valence-corrected chi connectivity index (χ0v) is 20.2. The first-order valence-electron chi connectivity index (χ1n) is 9.73. The molecule has 0 spiro atoms. The molecule has 0 radical (unpaired) electrons. The van der Waals surface area contributed by atoms with Crippen LogP contribution in [0.5, 0.6) is 5.75 Å². The lowest BCUT2D eigenvalue weighted by atomic mass is 10.2. The lowest BCUT2D eigenvalue weighted by molar-refractivity contribution is -0.384. The largest absolute Gasteiger partial charge is 0.488 e. The molecule has 0 atom stereocenters. The van der Waals surface area contributed by atoms with E-state index in [0.29, 0.717) is 16.5 Å². The minimum absolute atomic E-state index is 0.0215. The Kier molecular flexibility index (Phi) is 8.50. The van der Waals surface area contributed by atoms with Crippen LogP contribution < -0.4 is 10.2 Å². The Labute approximate surface area is 203 Å². The Morgan fingerprint density at radius 2 is 1.88 bits per heavy atom. The minimum atomic E-state index is -0.449. The number of carbonyl (C=O) groups is 1. The first kappa shape index (κ1) is 24.3. The van der Waals surface area contributed by atoms with Gasteiger partial charge in [0, 0.05) is 33.6 Å². The number of nitrogens with one attached hydrogen (secondary N) is 1. The van der Waals surface area contributed by atoms with Crippen molar-refractivity contribution < 1.29 is 14.5 Å². The van der Waals surface area contributed by atoms with Gasteiger partial charge in [-0.2, -0.15) is 5.10 Å². The number of aromatic nitrogens is 2. The minimum Gasteiger partial charge on any atom is -0.488 e. The first-order valence-corrected chi connectivity index (χ1v) is 11.5. The average Bonchev–Trinajstić information content (AvgIpc) is 2.77. The summed E-state index contributed by atoms with van der Waals surface area (Å²) in [5, 5.41) is 15.3. The van der Waals surface area contributed by atoms with Gasteiger partial charge in [-0.05, 0) is 55.8 Å². The van der Waals surface area contributed by atoms with Crippen molar-refractivity contribution in [1.82, 2.24) is 15.4 Å². The Morgan fingerprint density at radius 3 is 2.55 bits per heavy atom. The van der Waals surface area contributed by atoms with Gasteiger partial charge in [0.05, 0.1) is 16.9 Å². The van der Waals surface area contributed by atoms with Gasteiger partial charge >= 0.3 is 0 Å². The van der Waals surface area contributed by atoms with Crippen molar-refractivity contribution >= 4 is 45.5 Å². The molecule has 0 unspecified atom stereocenters. The van der Waals surface area contributed by atoms with E-state index in [9.17, 15) is 14.9 Å². The van der Waals surface area contributed by atoms with Crippen molar-refractivity contribution in [1.29, 1.82) is 0 Å². The van der Waals surface area contributed by atoms with E-state index in [1.807, 2.05) is 26.0 Å². The van der Waals surface area contributed by atoms with Gasteiger partial charge in [0.1, 0.15) is 12.4 Å². The van der Waals surface area contributed by atoms with Crippen LogP contribution in [0.4, 0.5) is 5.69 Å². The zero-order valence-electron chi connectivity index (χ0n) is 17.8. The highest BCUT2D eigenvalue weighted by molar-refractivity contribution is 9.10. The quantitative estimate of drug-likeness (QED) is 0.141. The van der Waals surface area contributed by atoms with Gasteiger partial charge in [-0.1, -0.05) is 27.7 Å². The van der Waals surface area contributed by atoms with Crippen molar-refractivity contribution in [2.75, 3.05) is 5.75 Å². The molecule has 3 aromatic rings. The maximum Gasteiger partial charge on any atom is 0.269 e. The molecule has 0 saturated carbocycles. The molecule has 1 aromatic heterocycles. The summed E-state index contributed by atoms with van der Waals surface area (Å²) in [5.41, 5.74) is 5.63. The monoisotopic (exact) mass is 529 g/mol. The molecule has 0 saturated heterocycles. The molecule has 33 heavy (non-hydrogen) atoms. The second-order valence-corrected chi connectivity index (χ2v) is 8.77. The summed E-state index contributed by atoms with van der Waals surface area (Å²) < 4.78 is 6.67. The van der Waals surface area contributed by atoms with Crippen LogP contribution in [0.3, 0.4) is 0 Å². The smallest absolute Gasteiger partial charge is 0.269 e. The van der Waals surface area contributed by atoms with E-state index in [-0.39, 0.29) is 24.0 Å². The van der Waals surface area contributed by atoms with Crippen molar-refractivity contribution in [2.45, 2.75) is 25.6 Å². The third-order valence-corrected chi connectivity index (χ3v) is 5.54. The molecule has 9 nitrogen and oxygen atoms in total. The average molecular weight is 530 g/mol. The number of rotatable bonds is 9. The number of halogens is 1. The molecule has 1 amide bonds. The summed E-state index contributed by atoms with van der Waals surface area (Å²) in [7, 11) is 0. The third-order valence-electron chi connectivity index (χ3n) is 4.20. The second kappa shape index (κ2) is 11.5. The summed E-state index contributed by atoms with van der Waals surface area (Å²) in [5.74, 6) is 0.386. The summed E-state index contributed by atoms with van der Waals surface area (Å²) in [6.45, 7) is 3.98. The highest BCUT2D eigenvalue weighted by atomic mass is 79.9. The first-order chi connectivity index (χ1) is 15.8. The number of hydrazone groups is 1. The van der Waals surface area contributed by atoms with E-state index in [2.05, 4.69) is 36.4 Å². The molecule has 11 heteroatoms. The molecule has 1 heterocycles. The van der Waals surface area contributed by atoms with Crippen LogP contribution in [-0.2, 0) is 11.4 Å². The van der Waals surface area contributed by atoms with Crippen molar-refractivity contribution in [3.8, 4) is 5.75 Å². The number of carbonyl (C=O) groups excluding carboxylic acids is 1. The summed E-state index contributed by atoms with van der Waals surface area (Å²) in [6, 6.07) is 13.4. The molecule has 2 aromatic carbocycles.